The van der Waals surface area contributed by atoms with Crippen molar-refractivity contribution in [1.29, 1.82) is 0 Å². The van der Waals surface area contributed by atoms with E-state index in [1.54, 1.807) is 0 Å². The maximum Gasteiger partial charge on any atom is 0.377 e. The van der Waals surface area contributed by atoms with E-state index in [9.17, 15) is 14.7 Å². The molecule has 0 saturated heterocycles. The summed E-state index contributed by atoms with van der Waals surface area (Å²) in [5.41, 5.74) is 0.155. The first-order chi connectivity index (χ1) is 6.99. The predicted molar refractivity (Wildman–Crippen MR) is 51.4 cm³/mol. The third-order valence-corrected chi connectivity index (χ3v) is 1.99. The number of rotatable bonds is 3. The number of carbonyl (C=O) groups is 2. The van der Waals surface area contributed by atoms with Gasteiger partial charge >= 0.3 is 5.97 Å². The SMILES string of the molecule is COc1ccc(C)c(C(=O)C(=O)O)c1O. The molecule has 1 aromatic carbocycles. The maximum atomic E-state index is 11.2. The molecule has 15 heavy (non-hydrogen) atoms. The van der Waals surface area contributed by atoms with Crippen molar-refractivity contribution in [1.82, 2.24) is 0 Å². The number of methoxy groups -OCH3 is 1. The molecule has 5 nitrogen and oxygen atoms in total. The van der Waals surface area contributed by atoms with E-state index in [0.29, 0.717) is 5.56 Å². The summed E-state index contributed by atoms with van der Waals surface area (Å²) in [5.74, 6) is -3.12. The molecule has 0 bridgehead atoms. The van der Waals surface area contributed by atoms with E-state index in [1.165, 1.54) is 26.2 Å². The van der Waals surface area contributed by atoms with Crippen LogP contribution in [0.25, 0.3) is 0 Å². The number of carboxylic acids is 1. The molecule has 80 valence electrons. The van der Waals surface area contributed by atoms with Crippen LogP contribution in [-0.4, -0.2) is 29.1 Å². The minimum absolute atomic E-state index is 0.0743. The number of phenolic OH excluding ortho intramolecular Hbond substituents is 1. The van der Waals surface area contributed by atoms with Gasteiger partial charge < -0.3 is 14.9 Å². The van der Waals surface area contributed by atoms with Crippen LogP contribution in [0.15, 0.2) is 12.1 Å². The number of aromatic hydroxyl groups is 1. The van der Waals surface area contributed by atoms with E-state index < -0.39 is 17.5 Å². The number of aliphatic carboxylic acids is 1. The Morgan fingerprint density at radius 1 is 1.33 bits per heavy atom. The van der Waals surface area contributed by atoms with E-state index >= 15 is 0 Å². The number of ether oxygens (including phenoxy) is 1. The molecule has 1 aromatic rings. The molecular weight excluding hydrogens is 200 g/mol. The Morgan fingerprint density at radius 2 is 1.93 bits per heavy atom. The van der Waals surface area contributed by atoms with Crippen LogP contribution in [-0.2, 0) is 4.79 Å². The molecule has 0 saturated carbocycles. The smallest absolute Gasteiger partial charge is 0.377 e. The van der Waals surface area contributed by atoms with Gasteiger partial charge in [0.15, 0.2) is 11.5 Å². The summed E-state index contributed by atoms with van der Waals surface area (Å²) in [6.45, 7) is 1.54. The van der Waals surface area contributed by atoms with E-state index in [-0.39, 0.29) is 11.3 Å². The van der Waals surface area contributed by atoms with Gasteiger partial charge in [-0.1, -0.05) is 6.07 Å². The molecule has 0 spiro atoms. The van der Waals surface area contributed by atoms with Crippen molar-refractivity contribution in [3.05, 3.63) is 23.3 Å². The highest BCUT2D eigenvalue weighted by atomic mass is 16.5. The molecule has 0 aliphatic carbocycles. The molecule has 0 unspecified atom stereocenters. The normalized spacial score (nSPS) is 9.73. The number of Topliss-reactive ketones (excluding diaryl/α,β-unsaturated/α-hetero) is 1. The molecule has 5 heteroatoms. The van der Waals surface area contributed by atoms with Gasteiger partial charge in [-0.2, -0.15) is 0 Å². The van der Waals surface area contributed by atoms with Crippen LogP contribution in [0.2, 0.25) is 0 Å². The lowest BCUT2D eigenvalue weighted by Gasteiger charge is -2.08. The van der Waals surface area contributed by atoms with Crippen LogP contribution in [0, 0.1) is 6.92 Å². The zero-order valence-corrected chi connectivity index (χ0v) is 8.27. The highest BCUT2D eigenvalue weighted by Crippen LogP contribution is 2.32. The minimum Gasteiger partial charge on any atom is -0.504 e. The van der Waals surface area contributed by atoms with Gasteiger partial charge in [-0.15, -0.1) is 0 Å². The molecule has 0 aliphatic heterocycles. The van der Waals surface area contributed by atoms with Gasteiger partial charge in [-0.25, -0.2) is 4.79 Å². The van der Waals surface area contributed by atoms with Crippen LogP contribution >= 0.6 is 0 Å². The number of aryl methyl sites for hydroxylation is 1. The molecule has 2 N–H and O–H groups in total. The lowest BCUT2D eigenvalue weighted by atomic mass is 10.0. The lowest BCUT2D eigenvalue weighted by Crippen LogP contribution is -2.14. The van der Waals surface area contributed by atoms with Crippen molar-refractivity contribution >= 4 is 11.8 Å². The topological polar surface area (TPSA) is 83.8 Å². The maximum absolute atomic E-state index is 11.2. The zero-order valence-electron chi connectivity index (χ0n) is 8.27. The molecule has 1 rings (SSSR count). The Hall–Kier alpha value is -2.04. The van der Waals surface area contributed by atoms with Crippen molar-refractivity contribution in [3.63, 3.8) is 0 Å². The highest BCUT2D eigenvalue weighted by Gasteiger charge is 2.23. The predicted octanol–water partition coefficient (Wildman–Crippen LogP) is 0.977. The summed E-state index contributed by atoms with van der Waals surface area (Å²) in [4.78, 5) is 21.7. The number of hydrogen-bond donors (Lipinski definition) is 2. The van der Waals surface area contributed by atoms with Crippen molar-refractivity contribution < 1.29 is 24.5 Å². The van der Waals surface area contributed by atoms with E-state index in [4.69, 9.17) is 9.84 Å². The van der Waals surface area contributed by atoms with Crippen molar-refractivity contribution in [2.75, 3.05) is 7.11 Å². The fourth-order valence-corrected chi connectivity index (χ4v) is 1.23. The zero-order chi connectivity index (χ0) is 11.6. The second-order valence-corrected chi connectivity index (χ2v) is 2.94. The first-order valence-electron chi connectivity index (χ1n) is 4.13. The lowest BCUT2D eigenvalue weighted by molar-refractivity contribution is -0.131. The largest absolute Gasteiger partial charge is 0.504 e. The Kier molecular flexibility index (Phi) is 2.94. The standard InChI is InChI=1S/C10H10O5/c1-5-3-4-6(15-2)8(11)7(5)9(12)10(13)14/h3-4,11H,1-2H3,(H,13,14). The molecule has 0 fully saturated rings. The molecule has 0 aliphatic rings. The van der Waals surface area contributed by atoms with E-state index in [0.717, 1.165) is 0 Å². The van der Waals surface area contributed by atoms with Crippen LogP contribution in [0.4, 0.5) is 0 Å². The quantitative estimate of drug-likeness (QED) is 0.573. The molecule has 0 atom stereocenters. The average Bonchev–Trinajstić information content (AvgIpc) is 2.17. The number of hydrogen-bond acceptors (Lipinski definition) is 4. The molecule has 0 aromatic heterocycles. The molecule has 0 radical (unpaired) electrons. The first kappa shape index (κ1) is 11.0. The average molecular weight is 210 g/mol. The Balaban J connectivity index is 3.39. The number of carbonyl (C=O) groups excluding carboxylic acids is 1. The van der Waals surface area contributed by atoms with Gasteiger partial charge in [-0.05, 0) is 18.6 Å². The van der Waals surface area contributed by atoms with Crippen molar-refractivity contribution in [3.8, 4) is 11.5 Å². The van der Waals surface area contributed by atoms with Crippen LogP contribution in [0.5, 0.6) is 11.5 Å². The summed E-state index contributed by atoms with van der Waals surface area (Å²) in [7, 11) is 1.32. The Labute approximate surface area is 85.9 Å². The van der Waals surface area contributed by atoms with Crippen LogP contribution < -0.4 is 4.74 Å². The Bertz CT molecular complexity index is 422. The third kappa shape index (κ3) is 1.90. The Morgan fingerprint density at radius 3 is 2.40 bits per heavy atom. The third-order valence-electron chi connectivity index (χ3n) is 1.99. The fraction of sp³-hybridized carbons (Fsp3) is 0.200. The monoisotopic (exact) mass is 210 g/mol. The highest BCUT2D eigenvalue weighted by molar-refractivity contribution is 6.41. The van der Waals surface area contributed by atoms with E-state index in [1.807, 2.05) is 0 Å². The van der Waals surface area contributed by atoms with Gasteiger partial charge in [0.1, 0.15) is 0 Å². The molecule has 0 amide bonds. The van der Waals surface area contributed by atoms with Crippen LogP contribution in [0.3, 0.4) is 0 Å². The van der Waals surface area contributed by atoms with Crippen LogP contribution in [0.1, 0.15) is 15.9 Å². The summed E-state index contributed by atoms with van der Waals surface area (Å²) >= 11 is 0. The summed E-state index contributed by atoms with van der Waals surface area (Å²) in [5, 5.41) is 18.1. The van der Waals surface area contributed by atoms with Crippen molar-refractivity contribution in [2.45, 2.75) is 6.92 Å². The molecule has 0 heterocycles. The first-order valence-corrected chi connectivity index (χ1v) is 4.13. The minimum atomic E-state index is -1.61. The summed E-state index contributed by atoms with van der Waals surface area (Å²) in [6, 6.07) is 2.97. The van der Waals surface area contributed by atoms with Gasteiger partial charge in [0.2, 0.25) is 0 Å². The summed E-state index contributed by atoms with van der Waals surface area (Å²) in [6.07, 6.45) is 0. The van der Waals surface area contributed by atoms with Gasteiger partial charge in [0.05, 0.1) is 12.7 Å². The number of benzene rings is 1. The van der Waals surface area contributed by atoms with E-state index in [2.05, 4.69) is 0 Å². The molecular formula is C10H10O5. The van der Waals surface area contributed by atoms with Gasteiger partial charge in [0.25, 0.3) is 5.78 Å². The second-order valence-electron chi connectivity index (χ2n) is 2.94. The summed E-state index contributed by atoms with van der Waals surface area (Å²) < 4.78 is 4.78. The van der Waals surface area contributed by atoms with Gasteiger partial charge in [0, 0.05) is 0 Å². The van der Waals surface area contributed by atoms with Crippen molar-refractivity contribution in [2.24, 2.45) is 0 Å². The number of ketones is 1. The fourth-order valence-electron chi connectivity index (χ4n) is 1.23. The second kappa shape index (κ2) is 4.00. The number of phenols is 1. The van der Waals surface area contributed by atoms with Gasteiger partial charge in [-0.3, -0.25) is 4.79 Å². The number of carboxylic acid groups (broad SMARTS) is 1.